The van der Waals surface area contributed by atoms with Gasteiger partial charge in [-0.1, -0.05) is 35.7 Å². The molecule has 0 bridgehead atoms. The van der Waals surface area contributed by atoms with Gasteiger partial charge >= 0.3 is 0 Å². The van der Waals surface area contributed by atoms with Crippen molar-refractivity contribution in [2.45, 2.75) is 32.7 Å². The molecular formula is C14H18BrN5. The molecule has 106 valence electrons. The van der Waals surface area contributed by atoms with Gasteiger partial charge in [-0.3, -0.25) is 0 Å². The van der Waals surface area contributed by atoms with Crippen LogP contribution >= 0.6 is 15.9 Å². The van der Waals surface area contributed by atoms with Crippen LogP contribution in [-0.4, -0.2) is 20.2 Å². The molecule has 1 aliphatic carbocycles. The Balaban J connectivity index is 1.91. The van der Waals surface area contributed by atoms with E-state index in [-0.39, 0.29) is 0 Å². The normalized spacial score (nSPS) is 22.3. The van der Waals surface area contributed by atoms with Gasteiger partial charge in [0.15, 0.2) is 5.82 Å². The van der Waals surface area contributed by atoms with Crippen molar-refractivity contribution in [2.24, 2.45) is 11.8 Å². The molecule has 1 aliphatic rings. The van der Waals surface area contributed by atoms with Gasteiger partial charge in [-0.2, -0.15) is 0 Å². The van der Waals surface area contributed by atoms with E-state index in [4.69, 9.17) is 5.73 Å². The largest absolute Gasteiger partial charge is 0.399 e. The van der Waals surface area contributed by atoms with Gasteiger partial charge in [0.05, 0.1) is 0 Å². The predicted molar refractivity (Wildman–Crippen MR) is 81.9 cm³/mol. The fraction of sp³-hybridized carbons (Fsp3) is 0.500. The van der Waals surface area contributed by atoms with E-state index in [0.717, 1.165) is 28.3 Å². The van der Waals surface area contributed by atoms with Gasteiger partial charge in [-0.15, -0.1) is 5.10 Å². The fourth-order valence-corrected chi connectivity index (χ4v) is 3.37. The Hall–Kier alpha value is -1.43. The first-order chi connectivity index (χ1) is 9.65. The van der Waals surface area contributed by atoms with Crippen LogP contribution in [-0.2, 0) is 6.54 Å². The standard InChI is InChI=1S/C14H18BrN5/c1-9-3-2-4-10(9)8-20-14(17-18-19-20)12-7-11(16)5-6-13(12)15/h5-7,9-10H,2-4,8,16H2,1H3. The van der Waals surface area contributed by atoms with E-state index < -0.39 is 0 Å². The Bertz CT molecular complexity index is 609. The SMILES string of the molecule is CC1CCCC1Cn1nnnc1-c1cc(N)ccc1Br. The average molecular weight is 336 g/mol. The van der Waals surface area contributed by atoms with Crippen LogP contribution < -0.4 is 5.73 Å². The third kappa shape index (κ3) is 2.57. The number of rotatable bonds is 3. The van der Waals surface area contributed by atoms with Crippen LogP contribution in [0, 0.1) is 11.8 Å². The molecule has 3 rings (SSSR count). The molecule has 0 aliphatic heterocycles. The third-order valence-corrected chi connectivity index (χ3v) is 4.90. The van der Waals surface area contributed by atoms with Crippen LogP contribution in [0.4, 0.5) is 5.69 Å². The molecule has 1 aromatic heterocycles. The molecule has 2 unspecified atom stereocenters. The summed E-state index contributed by atoms with van der Waals surface area (Å²) in [4.78, 5) is 0. The second-order valence-corrected chi connectivity index (χ2v) is 6.45. The number of halogens is 1. The first-order valence-corrected chi connectivity index (χ1v) is 7.76. The Morgan fingerprint density at radius 3 is 3.00 bits per heavy atom. The molecule has 0 amide bonds. The highest BCUT2D eigenvalue weighted by atomic mass is 79.9. The zero-order valence-corrected chi connectivity index (χ0v) is 13.0. The van der Waals surface area contributed by atoms with E-state index in [9.17, 15) is 0 Å². The molecule has 1 heterocycles. The van der Waals surface area contributed by atoms with Gasteiger partial charge in [0.1, 0.15) is 0 Å². The summed E-state index contributed by atoms with van der Waals surface area (Å²) in [6.07, 6.45) is 3.88. The van der Waals surface area contributed by atoms with Gasteiger partial charge in [0.25, 0.3) is 0 Å². The molecular weight excluding hydrogens is 318 g/mol. The minimum Gasteiger partial charge on any atom is -0.399 e. The number of benzene rings is 1. The van der Waals surface area contributed by atoms with Crippen LogP contribution in [0.2, 0.25) is 0 Å². The van der Waals surface area contributed by atoms with E-state index in [1.54, 1.807) is 0 Å². The number of hydrogen-bond acceptors (Lipinski definition) is 4. The Morgan fingerprint density at radius 2 is 2.25 bits per heavy atom. The van der Waals surface area contributed by atoms with Crippen LogP contribution in [0.3, 0.4) is 0 Å². The average Bonchev–Trinajstić information content (AvgIpc) is 3.03. The quantitative estimate of drug-likeness (QED) is 0.875. The Labute approximate surface area is 126 Å². The van der Waals surface area contributed by atoms with E-state index in [1.165, 1.54) is 19.3 Å². The second-order valence-electron chi connectivity index (χ2n) is 5.59. The maximum atomic E-state index is 5.87. The van der Waals surface area contributed by atoms with Crippen molar-refractivity contribution in [3.8, 4) is 11.4 Å². The second kappa shape index (κ2) is 5.52. The topological polar surface area (TPSA) is 69.6 Å². The van der Waals surface area contributed by atoms with Crippen LogP contribution in [0.5, 0.6) is 0 Å². The van der Waals surface area contributed by atoms with E-state index in [1.807, 2.05) is 22.9 Å². The molecule has 1 saturated carbocycles. The molecule has 2 atom stereocenters. The maximum absolute atomic E-state index is 5.87. The van der Waals surface area contributed by atoms with Crippen LogP contribution in [0.25, 0.3) is 11.4 Å². The molecule has 1 fully saturated rings. The smallest absolute Gasteiger partial charge is 0.183 e. The molecule has 0 radical (unpaired) electrons. The molecule has 5 nitrogen and oxygen atoms in total. The summed E-state index contributed by atoms with van der Waals surface area (Å²) in [5.74, 6) is 2.19. The molecule has 0 saturated heterocycles. The highest BCUT2D eigenvalue weighted by Crippen LogP contribution is 2.34. The Kier molecular flexibility index (Phi) is 3.74. The highest BCUT2D eigenvalue weighted by Gasteiger charge is 2.25. The first kappa shape index (κ1) is 13.5. The van der Waals surface area contributed by atoms with E-state index >= 15 is 0 Å². The first-order valence-electron chi connectivity index (χ1n) is 6.96. The predicted octanol–water partition coefficient (Wildman–Crippen LogP) is 3.12. The maximum Gasteiger partial charge on any atom is 0.183 e. The van der Waals surface area contributed by atoms with Gasteiger partial charge in [0, 0.05) is 22.3 Å². The van der Waals surface area contributed by atoms with Gasteiger partial charge in [-0.25, -0.2) is 4.68 Å². The molecule has 2 N–H and O–H groups in total. The minimum absolute atomic E-state index is 0.664. The Morgan fingerprint density at radius 1 is 1.40 bits per heavy atom. The highest BCUT2D eigenvalue weighted by molar-refractivity contribution is 9.10. The number of aromatic nitrogens is 4. The minimum atomic E-state index is 0.664. The van der Waals surface area contributed by atoms with Crippen LogP contribution in [0.15, 0.2) is 22.7 Å². The summed E-state index contributed by atoms with van der Waals surface area (Å²) in [7, 11) is 0. The number of nitrogen functional groups attached to an aromatic ring is 1. The molecule has 20 heavy (non-hydrogen) atoms. The summed E-state index contributed by atoms with van der Waals surface area (Å²) >= 11 is 3.55. The van der Waals surface area contributed by atoms with Gasteiger partial charge < -0.3 is 5.73 Å². The van der Waals surface area contributed by atoms with Crippen LogP contribution in [0.1, 0.15) is 26.2 Å². The van der Waals surface area contributed by atoms with Crippen molar-refractivity contribution in [3.05, 3.63) is 22.7 Å². The number of nitrogens with two attached hydrogens (primary N) is 1. The molecule has 2 aromatic rings. The van der Waals surface area contributed by atoms with E-state index in [0.29, 0.717) is 11.6 Å². The lowest BCUT2D eigenvalue weighted by Crippen LogP contribution is -2.15. The lowest BCUT2D eigenvalue weighted by molar-refractivity contribution is 0.346. The lowest BCUT2D eigenvalue weighted by atomic mass is 9.98. The van der Waals surface area contributed by atoms with Gasteiger partial charge in [0.2, 0.25) is 0 Å². The van der Waals surface area contributed by atoms with Crippen molar-refractivity contribution in [3.63, 3.8) is 0 Å². The van der Waals surface area contributed by atoms with Gasteiger partial charge in [-0.05, 0) is 46.9 Å². The summed E-state index contributed by atoms with van der Waals surface area (Å²) in [5.41, 5.74) is 7.53. The summed E-state index contributed by atoms with van der Waals surface area (Å²) < 4.78 is 2.87. The van der Waals surface area contributed by atoms with Crippen molar-refractivity contribution >= 4 is 21.6 Å². The zero-order chi connectivity index (χ0) is 14.1. The number of hydrogen-bond donors (Lipinski definition) is 1. The summed E-state index contributed by atoms with van der Waals surface area (Å²) in [6, 6.07) is 5.70. The number of tetrazole rings is 1. The summed E-state index contributed by atoms with van der Waals surface area (Å²) in [5, 5.41) is 12.2. The van der Waals surface area contributed by atoms with Crippen molar-refractivity contribution in [1.29, 1.82) is 0 Å². The van der Waals surface area contributed by atoms with Crippen molar-refractivity contribution < 1.29 is 0 Å². The molecule has 1 aromatic carbocycles. The number of anilines is 1. The molecule has 0 spiro atoms. The van der Waals surface area contributed by atoms with Crippen molar-refractivity contribution in [1.82, 2.24) is 20.2 Å². The lowest BCUT2D eigenvalue weighted by Gasteiger charge is -2.16. The van der Waals surface area contributed by atoms with Crippen molar-refractivity contribution in [2.75, 3.05) is 5.73 Å². The summed E-state index contributed by atoms with van der Waals surface area (Å²) in [6.45, 7) is 3.20. The molecule has 6 heteroatoms. The zero-order valence-electron chi connectivity index (χ0n) is 11.5. The third-order valence-electron chi connectivity index (χ3n) is 4.21. The fourth-order valence-electron chi connectivity index (χ4n) is 2.95. The van der Waals surface area contributed by atoms with E-state index in [2.05, 4.69) is 38.4 Å². The monoisotopic (exact) mass is 335 g/mol. The number of nitrogens with zero attached hydrogens (tertiary/aromatic N) is 4.